The normalized spacial score (nSPS) is 12.5. The van der Waals surface area contributed by atoms with Gasteiger partial charge in [0.05, 0.1) is 11.9 Å². The fourth-order valence-corrected chi connectivity index (χ4v) is 4.05. The molecule has 7 heteroatoms. The first-order valence-electron chi connectivity index (χ1n) is 8.15. The van der Waals surface area contributed by atoms with Crippen molar-refractivity contribution < 1.29 is 13.2 Å². The molecule has 0 bridgehead atoms. The van der Waals surface area contributed by atoms with Gasteiger partial charge in [0.2, 0.25) is 15.9 Å². The number of halogens is 1. The fraction of sp³-hybridized carbons (Fsp3) is 0.316. The molecule has 2 aromatic rings. The molecule has 26 heavy (non-hydrogen) atoms. The number of likely N-dealkylation sites (N-methyl/N-ethyl adjacent to an activating group) is 1. The highest BCUT2D eigenvalue weighted by atomic mass is 35.5. The molecule has 0 saturated carbocycles. The molecule has 0 radical (unpaired) electrons. The molecule has 0 aliphatic heterocycles. The molecule has 1 atom stereocenters. The third-order valence-electron chi connectivity index (χ3n) is 4.06. The van der Waals surface area contributed by atoms with Gasteiger partial charge in [-0.1, -0.05) is 41.4 Å². The van der Waals surface area contributed by atoms with E-state index in [4.69, 9.17) is 11.6 Å². The summed E-state index contributed by atoms with van der Waals surface area (Å²) < 4.78 is 25.8. The van der Waals surface area contributed by atoms with Crippen molar-refractivity contribution in [2.45, 2.75) is 26.4 Å². The van der Waals surface area contributed by atoms with Gasteiger partial charge < -0.3 is 4.90 Å². The van der Waals surface area contributed by atoms with E-state index >= 15 is 0 Å². The number of benzene rings is 2. The molecule has 0 aromatic heterocycles. The molecule has 0 fully saturated rings. The molecular formula is C19H23ClN2O3S. The van der Waals surface area contributed by atoms with Crippen molar-refractivity contribution >= 4 is 33.2 Å². The summed E-state index contributed by atoms with van der Waals surface area (Å²) in [6.07, 6.45) is 1.11. The molecule has 2 rings (SSSR count). The summed E-state index contributed by atoms with van der Waals surface area (Å²) in [5.74, 6) is -0.286. The number of amides is 1. The van der Waals surface area contributed by atoms with Crippen molar-refractivity contribution in [1.29, 1.82) is 0 Å². The average Bonchev–Trinajstić information content (AvgIpc) is 2.57. The Kier molecular flexibility index (Phi) is 6.31. The van der Waals surface area contributed by atoms with E-state index in [-0.39, 0.29) is 5.91 Å². The third kappa shape index (κ3) is 4.99. The van der Waals surface area contributed by atoms with Crippen LogP contribution in [0, 0.1) is 6.92 Å². The summed E-state index contributed by atoms with van der Waals surface area (Å²) >= 11 is 5.88. The fourth-order valence-electron chi connectivity index (χ4n) is 2.75. The SMILES string of the molecule is Cc1ccc(N([C@H](C)C(=O)N(C)Cc2ccc(Cl)cc2)S(C)(=O)=O)cc1. The molecule has 0 saturated heterocycles. The molecule has 1 amide bonds. The number of nitrogens with zero attached hydrogens (tertiary/aromatic N) is 2. The highest BCUT2D eigenvalue weighted by Crippen LogP contribution is 2.22. The van der Waals surface area contributed by atoms with E-state index in [1.165, 1.54) is 4.90 Å². The van der Waals surface area contributed by atoms with Gasteiger partial charge in [0.25, 0.3) is 0 Å². The number of carbonyl (C=O) groups is 1. The van der Waals surface area contributed by atoms with Gasteiger partial charge in [0.1, 0.15) is 6.04 Å². The van der Waals surface area contributed by atoms with Crippen LogP contribution in [0.3, 0.4) is 0 Å². The Hall–Kier alpha value is -2.05. The van der Waals surface area contributed by atoms with Crippen molar-refractivity contribution in [1.82, 2.24) is 4.90 Å². The quantitative estimate of drug-likeness (QED) is 0.753. The lowest BCUT2D eigenvalue weighted by atomic mass is 10.2. The molecule has 140 valence electrons. The molecule has 0 spiro atoms. The number of sulfonamides is 1. The predicted molar refractivity (Wildman–Crippen MR) is 106 cm³/mol. The molecule has 0 aliphatic rings. The number of carbonyl (C=O) groups excluding carboxylic acids is 1. The van der Waals surface area contributed by atoms with Gasteiger partial charge in [-0.3, -0.25) is 9.10 Å². The van der Waals surface area contributed by atoms with Crippen molar-refractivity contribution in [3.63, 3.8) is 0 Å². The number of rotatable bonds is 6. The van der Waals surface area contributed by atoms with Gasteiger partial charge in [-0.2, -0.15) is 0 Å². The number of aryl methyl sites for hydroxylation is 1. The Morgan fingerprint density at radius 1 is 1.08 bits per heavy atom. The van der Waals surface area contributed by atoms with Gasteiger partial charge in [-0.15, -0.1) is 0 Å². The highest BCUT2D eigenvalue weighted by molar-refractivity contribution is 7.92. The van der Waals surface area contributed by atoms with Crippen LogP contribution in [0.2, 0.25) is 5.02 Å². The minimum atomic E-state index is -3.62. The van der Waals surface area contributed by atoms with Crippen molar-refractivity contribution in [3.05, 3.63) is 64.7 Å². The monoisotopic (exact) mass is 394 g/mol. The first-order valence-corrected chi connectivity index (χ1v) is 10.4. The number of anilines is 1. The third-order valence-corrected chi connectivity index (χ3v) is 5.56. The lowest BCUT2D eigenvalue weighted by Crippen LogP contribution is -2.48. The first-order chi connectivity index (χ1) is 12.1. The second-order valence-corrected chi connectivity index (χ2v) is 8.69. The standard InChI is InChI=1S/C19H23ClN2O3S/c1-14-5-11-18(12-6-14)22(26(4,24)25)15(2)19(23)21(3)13-16-7-9-17(20)10-8-16/h5-12,15H,13H2,1-4H3/t15-/m1/s1. The van der Waals surface area contributed by atoms with E-state index in [9.17, 15) is 13.2 Å². The Morgan fingerprint density at radius 2 is 1.62 bits per heavy atom. The van der Waals surface area contributed by atoms with Crippen LogP contribution in [-0.4, -0.2) is 38.6 Å². The summed E-state index contributed by atoms with van der Waals surface area (Å²) in [5, 5.41) is 0.624. The Bertz CT molecular complexity index is 865. The lowest BCUT2D eigenvalue weighted by molar-refractivity contribution is -0.131. The number of hydrogen-bond acceptors (Lipinski definition) is 3. The van der Waals surface area contributed by atoms with Crippen LogP contribution in [0.15, 0.2) is 48.5 Å². The molecule has 0 N–H and O–H groups in total. The van der Waals surface area contributed by atoms with Crippen LogP contribution < -0.4 is 4.31 Å². The molecule has 0 unspecified atom stereocenters. The van der Waals surface area contributed by atoms with E-state index in [1.54, 1.807) is 38.2 Å². The molecule has 2 aromatic carbocycles. The van der Waals surface area contributed by atoms with Crippen LogP contribution in [0.5, 0.6) is 0 Å². The summed E-state index contributed by atoms with van der Waals surface area (Å²) in [4.78, 5) is 14.4. The van der Waals surface area contributed by atoms with Crippen LogP contribution in [0.4, 0.5) is 5.69 Å². The van der Waals surface area contributed by atoms with E-state index in [0.29, 0.717) is 17.3 Å². The van der Waals surface area contributed by atoms with E-state index in [1.807, 2.05) is 31.2 Å². The molecule has 0 aliphatic carbocycles. The Morgan fingerprint density at radius 3 is 2.12 bits per heavy atom. The Labute approximate surface area is 160 Å². The van der Waals surface area contributed by atoms with Crippen LogP contribution in [0.1, 0.15) is 18.1 Å². The van der Waals surface area contributed by atoms with Gasteiger partial charge in [0, 0.05) is 18.6 Å². The van der Waals surface area contributed by atoms with Gasteiger partial charge >= 0.3 is 0 Å². The topological polar surface area (TPSA) is 57.7 Å². The van der Waals surface area contributed by atoms with E-state index in [0.717, 1.165) is 21.7 Å². The van der Waals surface area contributed by atoms with Gasteiger partial charge in [-0.25, -0.2) is 8.42 Å². The van der Waals surface area contributed by atoms with Crippen LogP contribution in [0.25, 0.3) is 0 Å². The maximum absolute atomic E-state index is 12.8. The summed E-state index contributed by atoms with van der Waals surface area (Å²) in [5.41, 5.74) is 2.40. The zero-order chi connectivity index (χ0) is 19.5. The first kappa shape index (κ1) is 20.3. The molecule has 0 heterocycles. The van der Waals surface area contributed by atoms with Gasteiger partial charge in [0.15, 0.2) is 0 Å². The maximum Gasteiger partial charge on any atom is 0.246 e. The van der Waals surface area contributed by atoms with E-state index in [2.05, 4.69) is 0 Å². The summed E-state index contributed by atoms with van der Waals surface area (Å²) in [7, 11) is -1.96. The van der Waals surface area contributed by atoms with Crippen LogP contribution in [-0.2, 0) is 21.4 Å². The van der Waals surface area contributed by atoms with Gasteiger partial charge in [-0.05, 0) is 43.7 Å². The molecule has 5 nitrogen and oxygen atoms in total. The minimum absolute atomic E-state index is 0.286. The summed E-state index contributed by atoms with van der Waals surface area (Å²) in [6.45, 7) is 3.89. The lowest BCUT2D eigenvalue weighted by Gasteiger charge is -2.31. The highest BCUT2D eigenvalue weighted by Gasteiger charge is 2.30. The largest absolute Gasteiger partial charge is 0.340 e. The van der Waals surface area contributed by atoms with Crippen LogP contribution >= 0.6 is 11.6 Å². The zero-order valence-electron chi connectivity index (χ0n) is 15.3. The minimum Gasteiger partial charge on any atom is -0.340 e. The second-order valence-electron chi connectivity index (χ2n) is 6.39. The average molecular weight is 395 g/mol. The Balaban J connectivity index is 2.23. The second kappa shape index (κ2) is 8.10. The maximum atomic E-state index is 12.8. The van der Waals surface area contributed by atoms with Crippen molar-refractivity contribution in [3.8, 4) is 0 Å². The van der Waals surface area contributed by atoms with Crippen molar-refractivity contribution in [2.75, 3.05) is 17.6 Å². The smallest absolute Gasteiger partial charge is 0.246 e. The van der Waals surface area contributed by atoms with Crippen molar-refractivity contribution in [2.24, 2.45) is 0 Å². The molecular weight excluding hydrogens is 372 g/mol. The zero-order valence-corrected chi connectivity index (χ0v) is 16.9. The summed E-state index contributed by atoms with van der Waals surface area (Å²) in [6, 6.07) is 13.4. The predicted octanol–water partition coefficient (Wildman–Crippen LogP) is 3.46. The number of hydrogen-bond donors (Lipinski definition) is 0. The van der Waals surface area contributed by atoms with E-state index < -0.39 is 16.1 Å².